The average molecular weight is 244 g/mol. The number of benzene rings is 1. The summed E-state index contributed by atoms with van der Waals surface area (Å²) >= 11 is 0. The van der Waals surface area contributed by atoms with Crippen LogP contribution in [0.2, 0.25) is 0 Å². The minimum atomic E-state index is 0.130. The molecule has 1 aromatic carbocycles. The van der Waals surface area contributed by atoms with E-state index >= 15 is 0 Å². The zero-order valence-corrected chi connectivity index (χ0v) is 10.8. The Bertz CT molecular complexity index is 526. The molecule has 18 heavy (non-hydrogen) atoms. The monoisotopic (exact) mass is 244 g/mol. The molecular formula is C15H20N2O. The molecule has 1 saturated heterocycles. The first-order valence-corrected chi connectivity index (χ1v) is 6.64. The van der Waals surface area contributed by atoms with E-state index in [2.05, 4.69) is 41.5 Å². The van der Waals surface area contributed by atoms with Gasteiger partial charge in [-0.15, -0.1) is 0 Å². The summed E-state index contributed by atoms with van der Waals surface area (Å²) in [6, 6.07) is 8.68. The minimum Gasteiger partial charge on any atom is -0.380 e. The molecule has 96 valence electrons. The van der Waals surface area contributed by atoms with Gasteiger partial charge in [0.2, 0.25) is 0 Å². The van der Waals surface area contributed by atoms with E-state index in [1.165, 1.54) is 22.9 Å². The Labute approximate surface area is 108 Å². The molecular weight excluding hydrogens is 224 g/mol. The van der Waals surface area contributed by atoms with Crippen molar-refractivity contribution in [2.24, 2.45) is 0 Å². The molecule has 3 nitrogen and oxygen atoms in total. The maximum Gasteiger partial charge on any atom is 0.0645 e. The standard InChI is InChI=1S/C15H20N2O/c1-15(6-2-8-18-11-15)17-10-12-3-4-14-13(9-12)5-7-16-14/h3-5,7,9,16-17H,2,6,8,10-11H2,1H3. The Morgan fingerprint density at radius 1 is 1.39 bits per heavy atom. The van der Waals surface area contributed by atoms with E-state index in [4.69, 9.17) is 4.74 Å². The predicted octanol–water partition coefficient (Wildman–Crippen LogP) is 2.83. The molecule has 0 spiro atoms. The molecule has 1 unspecified atom stereocenters. The zero-order chi connectivity index (χ0) is 12.4. The van der Waals surface area contributed by atoms with Gasteiger partial charge in [-0.1, -0.05) is 6.07 Å². The van der Waals surface area contributed by atoms with Gasteiger partial charge in [0.1, 0.15) is 0 Å². The predicted molar refractivity (Wildman–Crippen MR) is 73.6 cm³/mol. The summed E-state index contributed by atoms with van der Waals surface area (Å²) in [5.41, 5.74) is 2.66. The summed E-state index contributed by atoms with van der Waals surface area (Å²) in [6.45, 7) is 4.88. The number of aromatic nitrogens is 1. The molecule has 1 fully saturated rings. The minimum absolute atomic E-state index is 0.130. The second-order valence-corrected chi connectivity index (χ2v) is 5.47. The third kappa shape index (κ3) is 2.42. The fraction of sp³-hybridized carbons (Fsp3) is 0.467. The Balaban J connectivity index is 1.68. The molecule has 1 atom stereocenters. The van der Waals surface area contributed by atoms with Crippen LogP contribution in [0.5, 0.6) is 0 Å². The molecule has 0 amide bonds. The summed E-state index contributed by atoms with van der Waals surface area (Å²) in [5, 5.41) is 4.91. The Morgan fingerprint density at radius 2 is 2.33 bits per heavy atom. The highest BCUT2D eigenvalue weighted by Crippen LogP contribution is 2.20. The van der Waals surface area contributed by atoms with Gasteiger partial charge in [0.15, 0.2) is 0 Å². The Hall–Kier alpha value is -1.32. The molecule has 1 aliphatic heterocycles. The highest BCUT2D eigenvalue weighted by molar-refractivity contribution is 5.79. The van der Waals surface area contributed by atoms with Crippen molar-refractivity contribution in [1.29, 1.82) is 0 Å². The van der Waals surface area contributed by atoms with Crippen LogP contribution in [0.4, 0.5) is 0 Å². The molecule has 0 bridgehead atoms. The maximum absolute atomic E-state index is 5.56. The van der Waals surface area contributed by atoms with Crippen LogP contribution in [-0.4, -0.2) is 23.7 Å². The first-order valence-electron chi connectivity index (χ1n) is 6.64. The van der Waals surface area contributed by atoms with Gasteiger partial charge in [-0.05, 0) is 48.9 Å². The molecule has 1 aliphatic rings. The van der Waals surface area contributed by atoms with Crippen LogP contribution in [-0.2, 0) is 11.3 Å². The van der Waals surface area contributed by atoms with Gasteiger partial charge in [0.25, 0.3) is 0 Å². The number of H-pyrrole nitrogens is 1. The number of rotatable bonds is 3. The second-order valence-electron chi connectivity index (χ2n) is 5.47. The molecule has 0 saturated carbocycles. The molecule has 3 rings (SSSR count). The third-order valence-electron chi connectivity index (χ3n) is 3.77. The van der Waals surface area contributed by atoms with Gasteiger partial charge in [-0.3, -0.25) is 0 Å². The summed E-state index contributed by atoms with van der Waals surface area (Å²) in [5.74, 6) is 0. The summed E-state index contributed by atoms with van der Waals surface area (Å²) < 4.78 is 5.56. The number of fused-ring (bicyclic) bond motifs is 1. The van der Waals surface area contributed by atoms with E-state index in [1.54, 1.807) is 0 Å². The first kappa shape index (κ1) is 11.8. The van der Waals surface area contributed by atoms with E-state index in [0.29, 0.717) is 0 Å². The van der Waals surface area contributed by atoms with Crippen LogP contribution in [0.25, 0.3) is 10.9 Å². The summed E-state index contributed by atoms with van der Waals surface area (Å²) in [6.07, 6.45) is 4.33. The number of ether oxygens (including phenoxy) is 1. The van der Waals surface area contributed by atoms with Crippen molar-refractivity contribution in [1.82, 2.24) is 10.3 Å². The number of nitrogens with one attached hydrogen (secondary N) is 2. The van der Waals surface area contributed by atoms with E-state index in [-0.39, 0.29) is 5.54 Å². The van der Waals surface area contributed by atoms with Gasteiger partial charge < -0.3 is 15.0 Å². The van der Waals surface area contributed by atoms with Gasteiger partial charge in [0.05, 0.1) is 6.61 Å². The lowest BCUT2D eigenvalue weighted by molar-refractivity contribution is 0.0278. The van der Waals surface area contributed by atoms with E-state index in [0.717, 1.165) is 26.2 Å². The fourth-order valence-electron chi connectivity index (χ4n) is 2.60. The SMILES string of the molecule is CC1(NCc2ccc3[nH]ccc3c2)CCCOC1. The number of hydrogen-bond acceptors (Lipinski definition) is 2. The Kier molecular flexibility index (Phi) is 3.10. The van der Waals surface area contributed by atoms with E-state index < -0.39 is 0 Å². The van der Waals surface area contributed by atoms with Crippen molar-refractivity contribution < 1.29 is 4.74 Å². The van der Waals surface area contributed by atoms with Crippen molar-refractivity contribution >= 4 is 10.9 Å². The van der Waals surface area contributed by atoms with Gasteiger partial charge in [-0.2, -0.15) is 0 Å². The van der Waals surface area contributed by atoms with Crippen LogP contribution >= 0.6 is 0 Å². The lowest BCUT2D eigenvalue weighted by atomic mass is 9.94. The van der Waals surface area contributed by atoms with Crippen LogP contribution in [0.1, 0.15) is 25.3 Å². The van der Waals surface area contributed by atoms with Crippen molar-refractivity contribution in [2.45, 2.75) is 31.8 Å². The normalized spacial score (nSPS) is 24.5. The van der Waals surface area contributed by atoms with Gasteiger partial charge in [-0.25, -0.2) is 0 Å². The summed E-state index contributed by atoms with van der Waals surface area (Å²) in [7, 11) is 0. The Morgan fingerprint density at radius 3 is 3.17 bits per heavy atom. The zero-order valence-electron chi connectivity index (χ0n) is 10.8. The quantitative estimate of drug-likeness (QED) is 0.871. The van der Waals surface area contributed by atoms with E-state index in [9.17, 15) is 0 Å². The molecule has 0 radical (unpaired) electrons. The molecule has 2 N–H and O–H groups in total. The molecule has 2 aromatic rings. The smallest absolute Gasteiger partial charge is 0.0645 e. The second kappa shape index (κ2) is 4.75. The van der Waals surface area contributed by atoms with Crippen LogP contribution in [0.3, 0.4) is 0 Å². The van der Waals surface area contributed by atoms with Crippen molar-refractivity contribution in [3.63, 3.8) is 0 Å². The lowest BCUT2D eigenvalue weighted by Gasteiger charge is -2.34. The first-order chi connectivity index (χ1) is 8.75. The number of aromatic amines is 1. The molecule has 0 aliphatic carbocycles. The van der Waals surface area contributed by atoms with Crippen molar-refractivity contribution in [3.8, 4) is 0 Å². The lowest BCUT2D eigenvalue weighted by Crippen LogP contribution is -2.48. The highest BCUT2D eigenvalue weighted by Gasteiger charge is 2.26. The average Bonchev–Trinajstić information content (AvgIpc) is 2.85. The topological polar surface area (TPSA) is 37.0 Å². The summed E-state index contributed by atoms with van der Waals surface area (Å²) in [4.78, 5) is 3.22. The molecule has 1 aromatic heterocycles. The van der Waals surface area contributed by atoms with Gasteiger partial charge in [0, 0.05) is 30.4 Å². The van der Waals surface area contributed by atoms with Gasteiger partial charge >= 0.3 is 0 Å². The van der Waals surface area contributed by atoms with Crippen molar-refractivity contribution in [2.75, 3.05) is 13.2 Å². The highest BCUT2D eigenvalue weighted by atomic mass is 16.5. The molecule has 2 heterocycles. The third-order valence-corrected chi connectivity index (χ3v) is 3.77. The largest absolute Gasteiger partial charge is 0.380 e. The maximum atomic E-state index is 5.56. The van der Waals surface area contributed by atoms with Crippen LogP contribution in [0.15, 0.2) is 30.5 Å². The van der Waals surface area contributed by atoms with Crippen LogP contribution < -0.4 is 5.32 Å². The van der Waals surface area contributed by atoms with E-state index in [1.807, 2.05) is 6.20 Å². The molecule has 3 heteroatoms. The van der Waals surface area contributed by atoms with Crippen LogP contribution in [0, 0.1) is 0 Å². The van der Waals surface area contributed by atoms with Crippen molar-refractivity contribution in [3.05, 3.63) is 36.0 Å². The number of hydrogen-bond donors (Lipinski definition) is 2. The fourth-order valence-corrected chi connectivity index (χ4v) is 2.60.